The number of para-hydroxylation sites is 1. The van der Waals surface area contributed by atoms with E-state index in [1.807, 2.05) is 13.8 Å². The zero-order valence-corrected chi connectivity index (χ0v) is 13.2. The van der Waals surface area contributed by atoms with Crippen LogP contribution in [0.4, 0.5) is 4.39 Å². The van der Waals surface area contributed by atoms with Crippen molar-refractivity contribution >= 4 is 5.91 Å². The fourth-order valence-corrected chi connectivity index (χ4v) is 1.85. The Morgan fingerprint density at radius 2 is 2.00 bits per heavy atom. The van der Waals surface area contributed by atoms with Crippen LogP contribution in [0, 0.1) is 11.7 Å². The van der Waals surface area contributed by atoms with E-state index < -0.39 is 5.82 Å². The minimum atomic E-state index is -0.448. The summed E-state index contributed by atoms with van der Waals surface area (Å²) in [7, 11) is 0. The number of benzene rings is 1. The van der Waals surface area contributed by atoms with Crippen LogP contribution in [0.3, 0.4) is 0 Å². The standard InChI is InChI=1S/C16H25FN2O2/c1-11(2)8-18-9-13-6-5-7-14(17)16(13)21-10-15(20)19-12(3)4/h5-7,11-12,18H,8-10H2,1-4H3,(H,19,20). The lowest BCUT2D eigenvalue weighted by Crippen LogP contribution is -2.34. The molecule has 0 aromatic heterocycles. The number of amides is 1. The van der Waals surface area contributed by atoms with Gasteiger partial charge in [-0.3, -0.25) is 4.79 Å². The second-order valence-electron chi connectivity index (χ2n) is 5.76. The highest BCUT2D eigenvalue weighted by Crippen LogP contribution is 2.22. The van der Waals surface area contributed by atoms with Crippen molar-refractivity contribution in [3.63, 3.8) is 0 Å². The molecule has 21 heavy (non-hydrogen) atoms. The molecule has 0 atom stereocenters. The number of nitrogens with one attached hydrogen (secondary N) is 2. The first-order valence-electron chi connectivity index (χ1n) is 7.30. The second-order valence-corrected chi connectivity index (χ2v) is 5.76. The van der Waals surface area contributed by atoms with Crippen LogP contribution in [0.15, 0.2) is 18.2 Å². The Balaban J connectivity index is 2.64. The summed E-state index contributed by atoms with van der Waals surface area (Å²) in [6, 6.07) is 4.81. The van der Waals surface area contributed by atoms with Crippen LogP contribution in [0.1, 0.15) is 33.3 Å². The summed E-state index contributed by atoms with van der Waals surface area (Å²) >= 11 is 0. The quantitative estimate of drug-likeness (QED) is 0.775. The molecule has 0 heterocycles. The van der Waals surface area contributed by atoms with E-state index in [0.717, 1.165) is 6.54 Å². The van der Waals surface area contributed by atoms with E-state index in [4.69, 9.17) is 4.74 Å². The van der Waals surface area contributed by atoms with Crippen molar-refractivity contribution in [2.24, 2.45) is 5.92 Å². The van der Waals surface area contributed by atoms with Gasteiger partial charge in [0.2, 0.25) is 0 Å². The maximum Gasteiger partial charge on any atom is 0.258 e. The third-order valence-electron chi connectivity index (χ3n) is 2.71. The predicted octanol–water partition coefficient (Wildman–Crippen LogP) is 2.47. The van der Waals surface area contributed by atoms with E-state index in [0.29, 0.717) is 18.0 Å². The Morgan fingerprint density at radius 1 is 1.29 bits per heavy atom. The average molecular weight is 296 g/mol. The maximum absolute atomic E-state index is 13.9. The third-order valence-corrected chi connectivity index (χ3v) is 2.71. The molecule has 0 bridgehead atoms. The fraction of sp³-hybridized carbons (Fsp3) is 0.562. The first-order chi connectivity index (χ1) is 9.90. The minimum absolute atomic E-state index is 0.0360. The number of rotatable bonds is 8. The second kappa shape index (κ2) is 8.62. The Morgan fingerprint density at radius 3 is 2.62 bits per heavy atom. The molecular formula is C16H25FN2O2. The van der Waals surface area contributed by atoms with Gasteiger partial charge in [-0.15, -0.1) is 0 Å². The van der Waals surface area contributed by atoms with Gasteiger partial charge in [0.1, 0.15) is 0 Å². The molecule has 0 saturated carbocycles. The van der Waals surface area contributed by atoms with Gasteiger partial charge in [-0.25, -0.2) is 4.39 Å². The van der Waals surface area contributed by atoms with Crippen LogP contribution in [0.25, 0.3) is 0 Å². The minimum Gasteiger partial charge on any atom is -0.480 e. The summed E-state index contributed by atoms with van der Waals surface area (Å²) < 4.78 is 19.2. The van der Waals surface area contributed by atoms with Gasteiger partial charge in [-0.1, -0.05) is 26.0 Å². The first kappa shape index (κ1) is 17.4. The molecule has 1 aromatic carbocycles. The molecule has 0 aliphatic heterocycles. The van der Waals surface area contributed by atoms with Crippen LogP contribution >= 0.6 is 0 Å². The van der Waals surface area contributed by atoms with Crippen molar-refractivity contribution in [1.29, 1.82) is 0 Å². The number of hydrogen-bond acceptors (Lipinski definition) is 3. The molecule has 0 aliphatic carbocycles. The van der Waals surface area contributed by atoms with Crippen LogP contribution in [-0.4, -0.2) is 25.1 Å². The van der Waals surface area contributed by atoms with Gasteiger partial charge >= 0.3 is 0 Å². The van der Waals surface area contributed by atoms with E-state index in [9.17, 15) is 9.18 Å². The van der Waals surface area contributed by atoms with Gasteiger partial charge in [0.05, 0.1) is 0 Å². The topological polar surface area (TPSA) is 50.4 Å². The summed E-state index contributed by atoms with van der Waals surface area (Å²) in [5.41, 5.74) is 0.716. The third kappa shape index (κ3) is 6.58. The Bertz CT molecular complexity index is 462. The number of halogens is 1. The lowest BCUT2D eigenvalue weighted by molar-refractivity contribution is -0.123. The van der Waals surface area contributed by atoms with Gasteiger partial charge in [0.15, 0.2) is 18.2 Å². The molecule has 4 nitrogen and oxygen atoms in total. The molecule has 1 aromatic rings. The monoisotopic (exact) mass is 296 g/mol. The normalized spacial score (nSPS) is 11.0. The van der Waals surface area contributed by atoms with E-state index in [2.05, 4.69) is 24.5 Å². The predicted molar refractivity (Wildman–Crippen MR) is 81.7 cm³/mol. The Kier molecular flexibility index (Phi) is 7.15. The van der Waals surface area contributed by atoms with Crippen molar-refractivity contribution in [2.45, 2.75) is 40.3 Å². The fourth-order valence-electron chi connectivity index (χ4n) is 1.85. The highest BCUT2D eigenvalue weighted by molar-refractivity contribution is 5.77. The van der Waals surface area contributed by atoms with Crippen LogP contribution < -0.4 is 15.4 Å². The first-order valence-corrected chi connectivity index (χ1v) is 7.30. The number of carbonyl (C=O) groups is 1. The molecule has 1 amide bonds. The van der Waals surface area contributed by atoms with Crippen LogP contribution in [-0.2, 0) is 11.3 Å². The van der Waals surface area contributed by atoms with E-state index in [1.165, 1.54) is 6.07 Å². The highest BCUT2D eigenvalue weighted by Gasteiger charge is 2.12. The van der Waals surface area contributed by atoms with Gasteiger partial charge in [0, 0.05) is 18.2 Å². The molecular weight excluding hydrogens is 271 g/mol. The zero-order valence-electron chi connectivity index (χ0n) is 13.2. The molecule has 0 saturated heterocycles. The van der Waals surface area contributed by atoms with Crippen molar-refractivity contribution in [1.82, 2.24) is 10.6 Å². The SMILES string of the molecule is CC(C)CNCc1cccc(F)c1OCC(=O)NC(C)C. The van der Waals surface area contributed by atoms with Crippen LogP contribution in [0.5, 0.6) is 5.75 Å². The van der Waals surface area contributed by atoms with Crippen molar-refractivity contribution in [2.75, 3.05) is 13.2 Å². The summed E-state index contributed by atoms with van der Waals surface area (Å²) in [6.45, 7) is 9.10. The van der Waals surface area contributed by atoms with Crippen molar-refractivity contribution < 1.29 is 13.9 Å². The van der Waals surface area contributed by atoms with E-state index in [1.54, 1.807) is 12.1 Å². The molecule has 2 N–H and O–H groups in total. The molecule has 5 heteroatoms. The molecule has 0 aliphatic rings. The number of hydrogen-bond donors (Lipinski definition) is 2. The Labute approximate surface area is 126 Å². The van der Waals surface area contributed by atoms with Gasteiger partial charge < -0.3 is 15.4 Å². The zero-order chi connectivity index (χ0) is 15.8. The molecule has 0 radical (unpaired) electrons. The maximum atomic E-state index is 13.9. The summed E-state index contributed by atoms with van der Waals surface area (Å²) in [5, 5.41) is 5.95. The number of carbonyl (C=O) groups excluding carboxylic acids is 1. The van der Waals surface area contributed by atoms with Gasteiger partial charge in [0.25, 0.3) is 5.91 Å². The van der Waals surface area contributed by atoms with Gasteiger partial charge in [-0.05, 0) is 32.4 Å². The Hall–Kier alpha value is -1.62. The number of ether oxygens (including phenoxy) is 1. The largest absolute Gasteiger partial charge is 0.480 e. The summed E-state index contributed by atoms with van der Waals surface area (Å²) in [4.78, 5) is 11.6. The lowest BCUT2D eigenvalue weighted by Gasteiger charge is -2.14. The smallest absolute Gasteiger partial charge is 0.258 e. The van der Waals surface area contributed by atoms with Crippen molar-refractivity contribution in [3.05, 3.63) is 29.6 Å². The molecule has 0 unspecified atom stereocenters. The molecule has 0 spiro atoms. The molecule has 0 fully saturated rings. The summed E-state index contributed by atoms with van der Waals surface area (Å²) in [5.74, 6) is -0.0436. The van der Waals surface area contributed by atoms with Gasteiger partial charge in [-0.2, -0.15) is 0 Å². The average Bonchev–Trinajstić information content (AvgIpc) is 2.36. The van der Waals surface area contributed by atoms with Crippen molar-refractivity contribution in [3.8, 4) is 5.75 Å². The lowest BCUT2D eigenvalue weighted by atomic mass is 10.1. The van der Waals surface area contributed by atoms with E-state index in [-0.39, 0.29) is 24.3 Å². The molecule has 118 valence electrons. The van der Waals surface area contributed by atoms with E-state index >= 15 is 0 Å². The van der Waals surface area contributed by atoms with Crippen LogP contribution in [0.2, 0.25) is 0 Å². The molecule has 1 rings (SSSR count). The summed E-state index contributed by atoms with van der Waals surface area (Å²) in [6.07, 6.45) is 0. The highest BCUT2D eigenvalue weighted by atomic mass is 19.1.